The van der Waals surface area contributed by atoms with Gasteiger partial charge in [0.05, 0.1) is 25.0 Å². The number of hydrogen-bond donors (Lipinski definition) is 0. The summed E-state index contributed by atoms with van der Waals surface area (Å²) >= 11 is 0. The van der Waals surface area contributed by atoms with Crippen molar-refractivity contribution in [3.63, 3.8) is 0 Å². The molecule has 4 heteroatoms. The van der Waals surface area contributed by atoms with Gasteiger partial charge in [0, 0.05) is 0 Å². The first-order chi connectivity index (χ1) is 14.9. The first-order valence-corrected chi connectivity index (χ1v) is 13.2. The normalized spacial score (nSPS) is 19.0. The van der Waals surface area contributed by atoms with Gasteiger partial charge in [-0.1, -0.05) is 79.1 Å². The summed E-state index contributed by atoms with van der Waals surface area (Å²) in [6.45, 7) is 10.1. The zero-order valence-corrected chi connectivity index (χ0v) is 21.0. The van der Waals surface area contributed by atoms with Crippen molar-refractivity contribution in [1.29, 1.82) is 0 Å². The van der Waals surface area contributed by atoms with E-state index < -0.39 is 0 Å². The van der Waals surface area contributed by atoms with Crippen molar-refractivity contribution in [3.8, 4) is 0 Å². The van der Waals surface area contributed by atoms with E-state index in [4.69, 9.17) is 9.47 Å². The SMILES string of the molecule is CC(C)CCCCCCCCCOC(=O)C1CCC(C(=O)OCCCCC(C)C)CC1. The topological polar surface area (TPSA) is 52.6 Å². The molecule has 1 saturated carbocycles. The summed E-state index contributed by atoms with van der Waals surface area (Å²) in [6.07, 6.45) is 16.3. The fourth-order valence-corrected chi connectivity index (χ4v) is 4.34. The van der Waals surface area contributed by atoms with Crippen molar-refractivity contribution < 1.29 is 19.1 Å². The molecule has 1 aliphatic rings. The first kappa shape index (κ1) is 28.0. The summed E-state index contributed by atoms with van der Waals surface area (Å²) in [5.74, 6) is 1.33. The van der Waals surface area contributed by atoms with E-state index >= 15 is 0 Å². The first-order valence-electron chi connectivity index (χ1n) is 13.2. The largest absolute Gasteiger partial charge is 0.465 e. The second-order valence-corrected chi connectivity index (χ2v) is 10.4. The Bertz CT molecular complexity index is 464. The molecule has 0 unspecified atom stereocenters. The van der Waals surface area contributed by atoms with E-state index in [1.807, 2.05) is 0 Å². The van der Waals surface area contributed by atoms with E-state index in [1.54, 1.807) is 0 Å². The number of carbonyl (C=O) groups excluding carboxylic acids is 2. The second kappa shape index (κ2) is 17.5. The predicted octanol–water partition coefficient (Wildman–Crippen LogP) is 7.48. The molecule has 1 aliphatic carbocycles. The van der Waals surface area contributed by atoms with Crippen LogP contribution in [0.4, 0.5) is 0 Å². The van der Waals surface area contributed by atoms with Crippen molar-refractivity contribution in [3.05, 3.63) is 0 Å². The van der Waals surface area contributed by atoms with Crippen LogP contribution < -0.4 is 0 Å². The molecule has 0 saturated heterocycles. The summed E-state index contributed by atoms with van der Waals surface area (Å²) in [5, 5.41) is 0. The zero-order chi connectivity index (χ0) is 22.9. The highest BCUT2D eigenvalue weighted by atomic mass is 16.5. The lowest BCUT2D eigenvalue weighted by Crippen LogP contribution is -2.28. The van der Waals surface area contributed by atoms with Crippen LogP contribution in [0.2, 0.25) is 0 Å². The van der Waals surface area contributed by atoms with Crippen LogP contribution in [0, 0.1) is 23.7 Å². The molecule has 0 bridgehead atoms. The molecule has 0 aromatic heterocycles. The molecule has 0 aromatic carbocycles. The van der Waals surface area contributed by atoms with Crippen molar-refractivity contribution in [2.75, 3.05) is 13.2 Å². The highest BCUT2D eigenvalue weighted by Gasteiger charge is 2.31. The summed E-state index contributed by atoms with van der Waals surface area (Å²) in [5.41, 5.74) is 0. The van der Waals surface area contributed by atoms with Gasteiger partial charge in [-0.3, -0.25) is 9.59 Å². The van der Waals surface area contributed by atoms with Gasteiger partial charge in [-0.05, 0) is 56.8 Å². The van der Waals surface area contributed by atoms with Crippen molar-refractivity contribution in [1.82, 2.24) is 0 Å². The Morgan fingerprint density at radius 2 is 0.903 bits per heavy atom. The number of carbonyl (C=O) groups is 2. The van der Waals surface area contributed by atoms with Crippen LogP contribution in [-0.4, -0.2) is 25.2 Å². The minimum atomic E-state index is -0.0689. The maximum atomic E-state index is 12.3. The van der Waals surface area contributed by atoms with E-state index in [2.05, 4.69) is 27.7 Å². The molecule has 0 heterocycles. The zero-order valence-electron chi connectivity index (χ0n) is 21.0. The molecule has 0 aliphatic heterocycles. The molecular weight excluding hydrogens is 388 g/mol. The van der Waals surface area contributed by atoms with Crippen LogP contribution in [-0.2, 0) is 19.1 Å². The molecule has 0 atom stereocenters. The van der Waals surface area contributed by atoms with Crippen LogP contribution in [0.3, 0.4) is 0 Å². The number of ether oxygens (including phenoxy) is 2. The Morgan fingerprint density at radius 3 is 1.32 bits per heavy atom. The number of unbranched alkanes of at least 4 members (excludes halogenated alkanes) is 7. The molecule has 1 rings (SSSR count). The third kappa shape index (κ3) is 14.6. The third-order valence-electron chi connectivity index (χ3n) is 6.48. The molecule has 0 amide bonds. The van der Waals surface area contributed by atoms with Gasteiger partial charge in [-0.15, -0.1) is 0 Å². The summed E-state index contributed by atoms with van der Waals surface area (Å²) in [6, 6.07) is 0. The molecule has 0 radical (unpaired) electrons. The molecule has 0 N–H and O–H groups in total. The van der Waals surface area contributed by atoms with E-state index in [-0.39, 0.29) is 23.8 Å². The van der Waals surface area contributed by atoms with E-state index in [9.17, 15) is 9.59 Å². The van der Waals surface area contributed by atoms with Crippen molar-refractivity contribution in [2.24, 2.45) is 23.7 Å². The van der Waals surface area contributed by atoms with E-state index in [0.29, 0.717) is 19.1 Å². The van der Waals surface area contributed by atoms with Crippen LogP contribution in [0.15, 0.2) is 0 Å². The molecule has 31 heavy (non-hydrogen) atoms. The van der Waals surface area contributed by atoms with Crippen LogP contribution >= 0.6 is 0 Å². The Morgan fingerprint density at radius 1 is 0.581 bits per heavy atom. The number of esters is 2. The molecular formula is C27H50O4. The fraction of sp³-hybridized carbons (Fsp3) is 0.926. The number of rotatable bonds is 17. The van der Waals surface area contributed by atoms with E-state index in [0.717, 1.165) is 57.3 Å². The van der Waals surface area contributed by atoms with Crippen molar-refractivity contribution in [2.45, 2.75) is 124 Å². The van der Waals surface area contributed by atoms with Gasteiger partial charge in [-0.2, -0.15) is 0 Å². The Balaban J connectivity index is 1.99. The van der Waals surface area contributed by atoms with Gasteiger partial charge < -0.3 is 9.47 Å². The Labute approximate surface area is 192 Å². The average molecular weight is 439 g/mol. The fourth-order valence-electron chi connectivity index (χ4n) is 4.34. The number of hydrogen-bond acceptors (Lipinski definition) is 4. The maximum absolute atomic E-state index is 12.3. The molecule has 182 valence electrons. The van der Waals surface area contributed by atoms with Gasteiger partial charge in [0.25, 0.3) is 0 Å². The smallest absolute Gasteiger partial charge is 0.308 e. The maximum Gasteiger partial charge on any atom is 0.308 e. The molecule has 1 fully saturated rings. The Hall–Kier alpha value is -1.06. The molecule has 0 aromatic rings. The molecule has 0 spiro atoms. The summed E-state index contributed by atoms with van der Waals surface area (Å²) in [4.78, 5) is 24.5. The highest BCUT2D eigenvalue weighted by molar-refractivity contribution is 5.75. The summed E-state index contributed by atoms with van der Waals surface area (Å²) < 4.78 is 11.0. The molecule has 4 nitrogen and oxygen atoms in total. The lowest BCUT2D eigenvalue weighted by atomic mass is 9.82. The van der Waals surface area contributed by atoms with Crippen molar-refractivity contribution >= 4 is 11.9 Å². The van der Waals surface area contributed by atoms with Gasteiger partial charge in [0.15, 0.2) is 0 Å². The average Bonchev–Trinajstić information content (AvgIpc) is 2.74. The van der Waals surface area contributed by atoms with Crippen LogP contribution in [0.25, 0.3) is 0 Å². The standard InChI is InChI=1S/C27H50O4/c1-22(2)14-10-8-6-5-7-9-12-20-30-26(28)24-16-18-25(19-17-24)27(29)31-21-13-11-15-23(3)4/h22-25H,5-21H2,1-4H3. The van der Waals surface area contributed by atoms with Gasteiger partial charge in [-0.25, -0.2) is 0 Å². The van der Waals surface area contributed by atoms with E-state index in [1.165, 1.54) is 44.9 Å². The minimum Gasteiger partial charge on any atom is -0.465 e. The third-order valence-corrected chi connectivity index (χ3v) is 6.48. The lowest BCUT2D eigenvalue weighted by molar-refractivity contribution is -0.155. The van der Waals surface area contributed by atoms with Gasteiger partial charge in [0.1, 0.15) is 0 Å². The minimum absolute atomic E-state index is 0.0314. The second-order valence-electron chi connectivity index (χ2n) is 10.4. The predicted molar refractivity (Wildman–Crippen MR) is 128 cm³/mol. The monoisotopic (exact) mass is 438 g/mol. The quantitative estimate of drug-likeness (QED) is 0.174. The van der Waals surface area contributed by atoms with Crippen LogP contribution in [0.1, 0.15) is 124 Å². The summed E-state index contributed by atoms with van der Waals surface area (Å²) in [7, 11) is 0. The Kier molecular flexibility index (Phi) is 15.8. The highest BCUT2D eigenvalue weighted by Crippen LogP contribution is 2.30. The lowest BCUT2D eigenvalue weighted by Gasteiger charge is -2.26. The van der Waals surface area contributed by atoms with Gasteiger partial charge >= 0.3 is 11.9 Å². The van der Waals surface area contributed by atoms with Crippen LogP contribution in [0.5, 0.6) is 0 Å². The van der Waals surface area contributed by atoms with Gasteiger partial charge in [0.2, 0.25) is 0 Å².